The highest BCUT2D eigenvalue weighted by Gasteiger charge is 2.43. The zero-order valence-corrected chi connectivity index (χ0v) is 19.4. The summed E-state index contributed by atoms with van der Waals surface area (Å²) in [6.45, 7) is 4.22. The van der Waals surface area contributed by atoms with Gasteiger partial charge in [-0.05, 0) is 67.6 Å². The first kappa shape index (κ1) is 20.7. The molecule has 1 aromatic heterocycles. The Morgan fingerprint density at radius 1 is 1.06 bits per heavy atom. The lowest BCUT2D eigenvalue weighted by molar-refractivity contribution is -0.121. The van der Waals surface area contributed by atoms with Crippen molar-refractivity contribution in [2.24, 2.45) is 0 Å². The highest BCUT2D eigenvalue weighted by molar-refractivity contribution is 7.98. The molecule has 4 nitrogen and oxygen atoms in total. The number of hydrogen-bond donors (Lipinski definition) is 1. The van der Waals surface area contributed by atoms with Gasteiger partial charge < -0.3 is 5.32 Å². The Labute approximate surface area is 192 Å². The quantitative estimate of drug-likeness (QED) is 0.503. The van der Waals surface area contributed by atoms with Crippen LogP contribution in [-0.4, -0.2) is 15.7 Å². The molecule has 0 radical (unpaired) electrons. The van der Waals surface area contributed by atoms with Crippen molar-refractivity contribution >= 4 is 35.1 Å². The third-order valence-corrected chi connectivity index (χ3v) is 8.03. The lowest BCUT2D eigenvalue weighted by Crippen LogP contribution is -2.38. The van der Waals surface area contributed by atoms with E-state index in [1.54, 1.807) is 0 Å². The normalized spacial score (nSPS) is 17.0. The number of amides is 1. The Morgan fingerprint density at radius 3 is 2.52 bits per heavy atom. The van der Waals surface area contributed by atoms with Crippen molar-refractivity contribution in [2.45, 2.75) is 56.5 Å². The van der Waals surface area contributed by atoms with Gasteiger partial charge in [-0.1, -0.05) is 42.6 Å². The molecule has 5 rings (SSSR count). The van der Waals surface area contributed by atoms with Crippen LogP contribution in [0.25, 0.3) is 5.69 Å². The lowest BCUT2D eigenvalue weighted by atomic mass is 9.78. The molecule has 1 amide bonds. The summed E-state index contributed by atoms with van der Waals surface area (Å²) >= 11 is 7.97. The average molecular weight is 452 g/mol. The molecular weight excluding hydrogens is 426 g/mol. The van der Waals surface area contributed by atoms with Crippen molar-refractivity contribution in [3.8, 4) is 5.69 Å². The number of halogens is 1. The molecule has 2 heterocycles. The standard InChI is InChI=1S/C25H26ClN3OS/c1-16-5-10-20(13-17(16)2)29-23(21-14-31-15-22(21)28-29)27-24(30)25(11-3-4-12-25)18-6-8-19(26)9-7-18/h5-10,13H,3-4,11-12,14-15H2,1-2H3,(H,27,30). The highest BCUT2D eigenvalue weighted by atomic mass is 35.5. The highest BCUT2D eigenvalue weighted by Crippen LogP contribution is 2.43. The molecule has 0 spiro atoms. The predicted octanol–water partition coefficient (Wildman–Crippen LogP) is 6.34. The molecule has 0 unspecified atom stereocenters. The van der Waals surface area contributed by atoms with Crippen LogP contribution < -0.4 is 5.32 Å². The monoisotopic (exact) mass is 451 g/mol. The number of nitrogens with one attached hydrogen (secondary N) is 1. The molecule has 1 N–H and O–H groups in total. The summed E-state index contributed by atoms with van der Waals surface area (Å²) in [7, 11) is 0. The number of thioether (sulfide) groups is 1. The largest absolute Gasteiger partial charge is 0.310 e. The van der Waals surface area contributed by atoms with E-state index < -0.39 is 5.41 Å². The van der Waals surface area contributed by atoms with Gasteiger partial charge in [-0.2, -0.15) is 16.9 Å². The molecule has 0 saturated heterocycles. The summed E-state index contributed by atoms with van der Waals surface area (Å²) in [5, 5.41) is 8.91. The van der Waals surface area contributed by atoms with E-state index >= 15 is 0 Å². The Bertz CT molecular complexity index is 1150. The summed E-state index contributed by atoms with van der Waals surface area (Å²) in [5.74, 6) is 2.66. The molecule has 2 aromatic carbocycles. The molecule has 160 valence electrons. The molecule has 1 saturated carbocycles. The minimum atomic E-state index is -0.512. The molecule has 3 aromatic rings. The average Bonchev–Trinajstić information content (AvgIpc) is 3.49. The first-order valence-corrected chi connectivity index (χ1v) is 12.3. The smallest absolute Gasteiger partial charge is 0.236 e. The summed E-state index contributed by atoms with van der Waals surface area (Å²) in [6, 6.07) is 14.1. The fraction of sp³-hybridized carbons (Fsp3) is 0.360. The van der Waals surface area contributed by atoms with Crippen LogP contribution >= 0.6 is 23.4 Å². The first-order valence-electron chi connectivity index (χ1n) is 10.8. The van der Waals surface area contributed by atoms with Crippen molar-refractivity contribution in [1.29, 1.82) is 0 Å². The number of carbonyl (C=O) groups is 1. The maximum absolute atomic E-state index is 13.8. The Kier molecular flexibility index (Phi) is 5.35. The van der Waals surface area contributed by atoms with Gasteiger partial charge in [-0.15, -0.1) is 0 Å². The van der Waals surface area contributed by atoms with E-state index in [4.69, 9.17) is 16.7 Å². The van der Waals surface area contributed by atoms with Crippen LogP contribution in [0.4, 0.5) is 5.82 Å². The predicted molar refractivity (Wildman–Crippen MR) is 128 cm³/mol. The number of aryl methyl sites for hydroxylation is 2. The second-order valence-electron chi connectivity index (χ2n) is 8.70. The van der Waals surface area contributed by atoms with Crippen LogP contribution in [0.5, 0.6) is 0 Å². The van der Waals surface area contributed by atoms with E-state index in [1.807, 2.05) is 40.7 Å². The van der Waals surface area contributed by atoms with E-state index in [0.29, 0.717) is 5.02 Å². The second-order valence-corrected chi connectivity index (χ2v) is 10.1. The SMILES string of the molecule is Cc1ccc(-n2nc3c(c2NC(=O)C2(c4ccc(Cl)cc4)CCCC2)CSC3)cc1C. The van der Waals surface area contributed by atoms with Crippen molar-refractivity contribution in [3.63, 3.8) is 0 Å². The number of benzene rings is 2. The number of hydrogen-bond acceptors (Lipinski definition) is 3. The molecular formula is C25H26ClN3OS. The van der Waals surface area contributed by atoms with Gasteiger partial charge in [0.2, 0.25) is 5.91 Å². The van der Waals surface area contributed by atoms with Crippen molar-refractivity contribution in [3.05, 3.63) is 75.4 Å². The number of fused-ring (bicyclic) bond motifs is 1. The third kappa shape index (κ3) is 3.58. The number of nitrogens with zero attached hydrogens (tertiary/aromatic N) is 2. The zero-order valence-electron chi connectivity index (χ0n) is 17.9. The Morgan fingerprint density at radius 2 is 1.81 bits per heavy atom. The number of rotatable bonds is 4. The van der Waals surface area contributed by atoms with Gasteiger partial charge in [0.05, 0.1) is 16.8 Å². The van der Waals surface area contributed by atoms with Gasteiger partial charge in [-0.3, -0.25) is 4.79 Å². The molecule has 0 bridgehead atoms. The van der Waals surface area contributed by atoms with E-state index in [0.717, 1.165) is 65.5 Å². The third-order valence-electron chi connectivity index (χ3n) is 6.81. The van der Waals surface area contributed by atoms with Crippen LogP contribution in [0.3, 0.4) is 0 Å². The van der Waals surface area contributed by atoms with Crippen LogP contribution in [0.1, 0.15) is 53.6 Å². The second kappa shape index (κ2) is 8.03. The Hall–Kier alpha value is -2.24. The summed E-state index contributed by atoms with van der Waals surface area (Å²) in [4.78, 5) is 13.8. The van der Waals surface area contributed by atoms with Crippen LogP contribution in [-0.2, 0) is 21.7 Å². The van der Waals surface area contributed by atoms with E-state index in [1.165, 1.54) is 11.1 Å². The van der Waals surface area contributed by atoms with E-state index in [9.17, 15) is 4.79 Å². The maximum atomic E-state index is 13.8. The lowest BCUT2D eigenvalue weighted by Gasteiger charge is -2.28. The van der Waals surface area contributed by atoms with E-state index in [-0.39, 0.29) is 5.91 Å². The molecule has 31 heavy (non-hydrogen) atoms. The molecule has 2 aliphatic rings. The molecule has 1 aliphatic heterocycles. The molecule has 1 aliphatic carbocycles. The van der Waals surface area contributed by atoms with Gasteiger partial charge in [0.25, 0.3) is 0 Å². The van der Waals surface area contributed by atoms with E-state index in [2.05, 4.69) is 37.4 Å². The summed E-state index contributed by atoms with van der Waals surface area (Å²) < 4.78 is 1.93. The molecule has 0 atom stereocenters. The zero-order chi connectivity index (χ0) is 21.6. The van der Waals surface area contributed by atoms with Gasteiger partial charge in [0, 0.05) is 22.1 Å². The van der Waals surface area contributed by atoms with Crippen molar-refractivity contribution < 1.29 is 4.79 Å². The summed E-state index contributed by atoms with van der Waals surface area (Å²) in [5.41, 5.74) is 6.22. The Balaban J connectivity index is 1.55. The molecule has 1 fully saturated rings. The maximum Gasteiger partial charge on any atom is 0.236 e. The minimum Gasteiger partial charge on any atom is -0.310 e. The fourth-order valence-electron chi connectivity index (χ4n) is 4.81. The topological polar surface area (TPSA) is 46.9 Å². The number of anilines is 1. The van der Waals surface area contributed by atoms with Gasteiger partial charge in [-0.25, -0.2) is 4.68 Å². The van der Waals surface area contributed by atoms with Gasteiger partial charge in [0.15, 0.2) is 0 Å². The van der Waals surface area contributed by atoms with Crippen molar-refractivity contribution in [2.75, 3.05) is 5.32 Å². The van der Waals surface area contributed by atoms with Gasteiger partial charge >= 0.3 is 0 Å². The minimum absolute atomic E-state index is 0.0667. The van der Waals surface area contributed by atoms with Crippen LogP contribution in [0, 0.1) is 13.8 Å². The van der Waals surface area contributed by atoms with Crippen LogP contribution in [0.15, 0.2) is 42.5 Å². The van der Waals surface area contributed by atoms with Crippen molar-refractivity contribution in [1.82, 2.24) is 9.78 Å². The van der Waals surface area contributed by atoms with Gasteiger partial charge in [0.1, 0.15) is 5.82 Å². The fourth-order valence-corrected chi connectivity index (χ4v) is 5.97. The first-order chi connectivity index (χ1) is 15.0. The van der Waals surface area contributed by atoms with Crippen LogP contribution in [0.2, 0.25) is 5.02 Å². The summed E-state index contributed by atoms with van der Waals surface area (Å²) in [6.07, 6.45) is 3.82. The number of carbonyl (C=O) groups excluding carboxylic acids is 1. The molecule has 6 heteroatoms. The number of aromatic nitrogens is 2.